The first-order chi connectivity index (χ1) is 14.0. The molecule has 0 spiro atoms. The molecule has 2 fully saturated rings. The number of carbonyl (C=O) groups is 2. The molecular formula is C19H28ClN3O6S. The molecule has 30 heavy (non-hydrogen) atoms. The first-order valence-electron chi connectivity index (χ1n) is 9.67. The molecule has 2 saturated heterocycles. The Labute approximate surface area is 181 Å². The summed E-state index contributed by atoms with van der Waals surface area (Å²) in [6.07, 6.45) is 1.81. The Morgan fingerprint density at radius 2 is 1.53 bits per heavy atom. The van der Waals surface area contributed by atoms with E-state index in [0.29, 0.717) is 29.0 Å². The van der Waals surface area contributed by atoms with E-state index in [0.717, 1.165) is 44.6 Å². The van der Waals surface area contributed by atoms with Gasteiger partial charge in [-0.2, -0.15) is 4.31 Å². The van der Waals surface area contributed by atoms with Gasteiger partial charge in [-0.25, -0.2) is 18.0 Å². The first kappa shape index (κ1) is 24.5. The monoisotopic (exact) mass is 461 g/mol. The Morgan fingerprint density at radius 1 is 1.00 bits per heavy atom. The number of nitrogens with zero attached hydrogens (tertiary/aromatic N) is 3. The summed E-state index contributed by atoms with van der Waals surface area (Å²) in [7, 11) is -1.29. The van der Waals surface area contributed by atoms with Gasteiger partial charge in [0.05, 0.1) is 4.90 Å². The number of sulfonamides is 1. The predicted octanol–water partition coefficient (Wildman–Crippen LogP) is 1.20. The third-order valence-corrected chi connectivity index (χ3v) is 7.74. The van der Waals surface area contributed by atoms with Crippen LogP contribution in [0.5, 0.6) is 0 Å². The Hall–Kier alpha value is -1.72. The summed E-state index contributed by atoms with van der Waals surface area (Å²) in [5.74, 6) is -3.65. The van der Waals surface area contributed by atoms with Gasteiger partial charge in [-0.05, 0) is 44.5 Å². The summed E-state index contributed by atoms with van der Waals surface area (Å²) < 4.78 is 27.3. The van der Waals surface area contributed by atoms with Gasteiger partial charge < -0.3 is 15.1 Å². The molecule has 0 aromatic heterocycles. The van der Waals surface area contributed by atoms with Gasteiger partial charge in [0.1, 0.15) is 0 Å². The summed E-state index contributed by atoms with van der Waals surface area (Å²) >= 11 is 6.10. The molecule has 2 heterocycles. The van der Waals surface area contributed by atoms with Gasteiger partial charge in [-0.15, -0.1) is 0 Å². The smallest absolute Gasteiger partial charge is 0.414 e. The highest BCUT2D eigenvalue weighted by Gasteiger charge is 2.32. The minimum Gasteiger partial charge on any atom is -0.473 e. The maximum atomic E-state index is 12.8. The molecule has 2 aliphatic rings. The molecule has 9 nitrogen and oxygen atoms in total. The average Bonchev–Trinajstić information content (AvgIpc) is 2.71. The van der Waals surface area contributed by atoms with Crippen LogP contribution in [0.4, 0.5) is 0 Å². The molecule has 1 aromatic rings. The second-order valence-corrected chi connectivity index (χ2v) is 9.84. The van der Waals surface area contributed by atoms with E-state index in [4.69, 9.17) is 31.4 Å². The van der Waals surface area contributed by atoms with E-state index in [9.17, 15) is 8.42 Å². The number of piperazine rings is 1. The number of hydrogen-bond acceptors (Lipinski definition) is 6. The largest absolute Gasteiger partial charge is 0.473 e. The zero-order valence-corrected chi connectivity index (χ0v) is 18.7. The lowest BCUT2D eigenvalue weighted by molar-refractivity contribution is -0.159. The first-order valence-corrected chi connectivity index (χ1v) is 11.5. The normalized spacial score (nSPS) is 19.7. The number of carboxylic acid groups (broad SMARTS) is 2. The molecule has 0 bridgehead atoms. The molecule has 1 aromatic carbocycles. The van der Waals surface area contributed by atoms with Crippen molar-refractivity contribution in [1.29, 1.82) is 0 Å². The van der Waals surface area contributed by atoms with Crippen molar-refractivity contribution in [3.63, 3.8) is 0 Å². The fourth-order valence-electron chi connectivity index (χ4n) is 3.52. The van der Waals surface area contributed by atoms with E-state index >= 15 is 0 Å². The molecule has 0 aliphatic carbocycles. The topological polar surface area (TPSA) is 118 Å². The van der Waals surface area contributed by atoms with E-state index in [1.165, 1.54) is 0 Å². The van der Waals surface area contributed by atoms with Crippen LogP contribution in [0.2, 0.25) is 5.02 Å². The van der Waals surface area contributed by atoms with Gasteiger partial charge >= 0.3 is 11.9 Å². The van der Waals surface area contributed by atoms with Crippen molar-refractivity contribution in [2.75, 3.05) is 46.3 Å². The maximum absolute atomic E-state index is 12.8. The Kier molecular flexibility index (Phi) is 8.62. The van der Waals surface area contributed by atoms with Crippen LogP contribution >= 0.6 is 11.6 Å². The van der Waals surface area contributed by atoms with Crippen LogP contribution in [0.15, 0.2) is 23.1 Å². The minimum absolute atomic E-state index is 0.302. The van der Waals surface area contributed by atoms with Crippen molar-refractivity contribution in [2.45, 2.75) is 30.7 Å². The van der Waals surface area contributed by atoms with Crippen LogP contribution in [0, 0.1) is 6.92 Å². The standard InChI is InChI=1S/C17H26ClN3O2S.C2H2O4/c1-14-3-4-16(13-17(14)18)24(22,23)21-7-5-15(6-8-21)20-11-9-19(2)10-12-20;3-1(4)2(5)6/h3-4,13,15H,5-12H2,1-2H3;(H,3,4)(H,5,6). The van der Waals surface area contributed by atoms with Crippen molar-refractivity contribution in [3.05, 3.63) is 28.8 Å². The van der Waals surface area contributed by atoms with E-state index in [1.807, 2.05) is 6.92 Å². The van der Waals surface area contributed by atoms with E-state index in [2.05, 4.69) is 16.8 Å². The van der Waals surface area contributed by atoms with Crippen molar-refractivity contribution < 1.29 is 28.2 Å². The van der Waals surface area contributed by atoms with Crippen molar-refractivity contribution >= 4 is 33.6 Å². The highest BCUT2D eigenvalue weighted by molar-refractivity contribution is 7.89. The number of aryl methyl sites for hydroxylation is 1. The lowest BCUT2D eigenvalue weighted by Crippen LogP contribution is -2.52. The Balaban J connectivity index is 0.000000469. The second kappa shape index (κ2) is 10.5. The zero-order valence-electron chi connectivity index (χ0n) is 17.1. The number of piperidine rings is 1. The van der Waals surface area contributed by atoms with E-state index < -0.39 is 22.0 Å². The van der Waals surface area contributed by atoms with Crippen LogP contribution < -0.4 is 0 Å². The Bertz CT molecular complexity index is 851. The SMILES string of the molecule is Cc1ccc(S(=O)(=O)N2CCC(N3CCN(C)CC3)CC2)cc1Cl.O=C(O)C(=O)O. The van der Waals surface area contributed by atoms with Crippen LogP contribution in [0.25, 0.3) is 0 Å². The third kappa shape index (κ3) is 6.39. The number of halogens is 1. The van der Waals surface area contributed by atoms with E-state index in [-0.39, 0.29) is 0 Å². The summed E-state index contributed by atoms with van der Waals surface area (Å²) in [5.41, 5.74) is 0.893. The van der Waals surface area contributed by atoms with Crippen LogP contribution in [0.3, 0.4) is 0 Å². The van der Waals surface area contributed by atoms with Gasteiger partial charge in [0.2, 0.25) is 10.0 Å². The van der Waals surface area contributed by atoms with Crippen LogP contribution in [-0.4, -0.2) is 97.0 Å². The van der Waals surface area contributed by atoms with Gasteiger partial charge in [-0.1, -0.05) is 17.7 Å². The number of carboxylic acids is 2. The van der Waals surface area contributed by atoms with Crippen molar-refractivity contribution in [1.82, 2.24) is 14.1 Å². The Morgan fingerprint density at radius 3 is 2.00 bits per heavy atom. The molecule has 2 aliphatic heterocycles. The fourth-order valence-corrected chi connectivity index (χ4v) is 5.26. The molecule has 0 atom stereocenters. The molecule has 0 saturated carbocycles. The molecule has 11 heteroatoms. The molecule has 0 unspecified atom stereocenters. The maximum Gasteiger partial charge on any atom is 0.414 e. The fraction of sp³-hybridized carbons (Fsp3) is 0.579. The summed E-state index contributed by atoms with van der Waals surface area (Å²) in [5, 5.41) is 15.3. The molecular weight excluding hydrogens is 434 g/mol. The zero-order chi connectivity index (χ0) is 22.5. The van der Waals surface area contributed by atoms with Gasteiger partial charge in [0, 0.05) is 50.3 Å². The third-order valence-electron chi connectivity index (χ3n) is 5.44. The summed E-state index contributed by atoms with van der Waals surface area (Å²) in [4.78, 5) is 23.4. The number of likely N-dealkylation sites (N-methyl/N-ethyl adjacent to an activating group) is 1. The number of rotatable bonds is 3. The number of aliphatic carboxylic acids is 2. The van der Waals surface area contributed by atoms with Crippen LogP contribution in [0.1, 0.15) is 18.4 Å². The lowest BCUT2D eigenvalue weighted by atomic mass is 10.0. The number of hydrogen-bond donors (Lipinski definition) is 2. The molecule has 3 rings (SSSR count). The van der Waals surface area contributed by atoms with E-state index in [1.54, 1.807) is 22.5 Å². The van der Waals surface area contributed by atoms with Crippen molar-refractivity contribution in [3.8, 4) is 0 Å². The minimum atomic E-state index is -3.44. The highest BCUT2D eigenvalue weighted by Crippen LogP contribution is 2.26. The van der Waals surface area contributed by atoms with Crippen LogP contribution in [-0.2, 0) is 19.6 Å². The quantitative estimate of drug-likeness (QED) is 0.644. The predicted molar refractivity (Wildman–Crippen MR) is 112 cm³/mol. The summed E-state index contributed by atoms with van der Waals surface area (Å²) in [6.45, 7) is 7.42. The number of benzene rings is 1. The lowest BCUT2D eigenvalue weighted by Gasteiger charge is -2.41. The van der Waals surface area contributed by atoms with Gasteiger partial charge in [0.15, 0.2) is 0 Å². The second-order valence-electron chi connectivity index (χ2n) is 7.50. The van der Waals surface area contributed by atoms with Crippen molar-refractivity contribution in [2.24, 2.45) is 0 Å². The van der Waals surface area contributed by atoms with Gasteiger partial charge in [0.25, 0.3) is 0 Å². The molecule has 168 valence electrons. The molecule has 0 amide bonds. The highest BCUT2D eigenvalue weighted by atomic mass is 35.5. The molecule has 0 radical (unpaired) electrons. The van der Waals surface area contributed by atoms with Gasteiger partial charge in [-0.3, -0.25) is 4.90 Å². The average molecular weight is 462 g/mol. The summed E-state index contributed by atoms with van der Waals surface area (Å²) in [6, 6.07) is 5.50. The molecule has 2 N–H and O–H groups in total.